The van der Waals surface area contributed by atoms with E-state index in [2.05, 4.69) is 4.98 Å². The van der Waals surface area contributed by atoms with Crippen LogP contribution in [0.25, 0.3) is 0 Å². The fraction of sp³-hybridized carbons (Fsp3) is 0.667. The van der Waals surface area contributed by atoms with E-state index in [1.54, 1.807) is 13.8 Å². The first-order chi connectivity index (χ1) is 7.34. The maximum Gasteiger partial charge on any atom is 0.253 e. The highest BCUT2D eigenvalue weighted by Gasteiger charge is 2.22. The van der Waals surface area contributed by atoms with Crippen LogP contribution in [0.15, 0.2) is 10.4 Å². The number of rotatable bonds is 5. The molecule has 0 fully saturated rings. The van der Waals surface area contributed by atoms with E-state index in [0.29, 0.717) is 13.0 Å². The lowest BCUT2D eigenvalue weighted by Crippen LogP contribution is -2.29. The first-order valence-electron chi connectivity index (χ1n) is 4.91. The van der Waals surface area contributed by atoms with Gasteiger partial charge in [-0.25, -0.2) is 17.7 Å². The Bertz CT molecular complexity index is 439. The van der Waals surface area contributed by atoms with Gasteiger partial charge in [-0.3, -0.25) is 0 Å². The summed E-state index contributed by atoms with van der Waals surface area (Å²) in [6, 6.07) is 0. The smallest absolute Gasteiger partial charge is 0.253 e. The lowest BCUT2D eigenvalue weighted by molar-refractivity contribution is 0.177. The van der Waals surface area contributed by atoms with Gasteiger partial charge < -0.3 is 5.11 Å². The SMILES string of the molecule is Cc1ncc(S(=O)(=O)N(C)CCC(C)O)s1. The largest absolute Gasteiger partial charge is 0.393 e. The number of aliphatic hydroxyl groups excluding tert-OH is 1. The number of hydrogen-bond acceptors (Lipinski definition) is 5. The normalized spacial score (nSPS) is 14.3. The zero-order valence-corrected chi connectivity index (χ0v) is 11.2. The Hall–Kier alpha value is -0.500. The average molecular weight is 264 g/mol. The molecule has 1 heterocycles. The first kappa shape index (κ1) is 13.6. The van der Waals surface area contributed by atoms with Gasteiger partial charge in [0, 0.05) is 13.6 Å². The van der Waals surface area contributed by atoms with Crippen molar-refractivity contribution in [3.63, 3.8) is 0 Å². The fourth-order valence-corrected chi connectivity index (χ4v) is 3.61. The van der Waals surface area contributed by atoms with Crippen LogP contribution < -0.4 is 0 Å². The Morgan fingerprint density at radius 3 is 2.69 bits per heavy atom. The highest BCUT2D eigenvalue weighted by atomic mass is 32.2. The van der Waals surface area contributed by atoms with Crippen molar-refractivity contribution in [2.45, 2.75) is 30.6 Å². The second kappa shape index (κ2) is 5.22. The van der Waals surface area contributed by atoms with Crippen LogP contribution in [0.3, 0.4) is 0 Å². The van der Waals surface area contributed by atoms with Crippen molar-refractivity contribution in [1.82, 2.24) is 9.29 Å². The van der Waals surface area contributed by atoms with Gasteiger partial charge in [0.1, 0.15) is 0 Å². The molecule has 1 aromatic rings. The second-order valence-electron chi connectivity index (χ2n) is 3.66. The minimum absolute atomic E-state index is 0.248. The number of nitrogens with zero attached hydrogens (tertiary/aromatic N) is 2. The van der Waals surface area contributed by atoms with Gasteiger partial charge in [0.2, 0.25) is 0 Å². The Morgan fingerprint density at radius 1 is 1.62 bits per heavy atom. The Labute approximate surface area is 99.8 Å². The van der Waals surface area contributed by atoms with Crippen molar-refractivity contribution >= 4 is 21.4 Å². The summed E-state index contributed by atoms with van der Waals surface area (Å²) in [5.74, 6) is 0. The minimum Gasteiger partial charge on any atom is -0.393 e. The summed E-state index contributed by atoms with van der Waals surface area (Å²) in [5.41, 5.74) is 0. The zero-order chi connectivity index (χ0) is 12.3. The standard InChI is InChI=1S/C9H16N2O3S2/c1-7(12)4-5-11(3)16(13,14)9-6-10-8(2)15-9/h6-7,12H,4-5H2,1-3H3. The van der Waals surface area contributed by atoms with Gasteiger partial charge in [0.05, 0.1) is 17.3 Å². The highest BCUT2D eigenvalue weighted by molar-refractivity contribution is 7.91. The number of aliphatic hydroxyl groups is 1. The third-order valence-electron chi connectivity index (χ3n) is 2.13. The minimum atomic E-state index is -3.44. The molecule has 1 aromatic heterocycles. The van der Waals surface area contributed by atoms with Gasteiger partial charge >= 0.3 is 0 Å². The zero-order valence-electron chi connectivity index (χ0n) is 9.54. The van der Waals surface area contributed by atoms with Crippen molar-refractivity contribution in [3.05, 3.63) is 11.2 Å². The van der Waals surface area contributed by atoms with E-state index in [1.165, 1.54) is 17.5 Å². The van der Waals surface area contributed by atoms with E-state index in [0.717, 1.165) is 16.3 Å². The number of hydrogen-bond donors (Lipinski definition) is 1. The van der Waals surface area contributed by atoms with Crippen molar-refractivity contribution < 1.29 is 13.5 Å². The maximum atomic E-state index is 12.0. The number of aromatic nitrogens is 1. The van der Waals surface area contributed by atoms with E-state index in [-0.39, 0.29) is 4.21 Å². The molecular weight excluding hydrogens is 248 g/mol. The summed E-state index contributed by atoms with van der Waals surface area (Å²) >= 11 is 1.15. The van der Waals surface area contributed by atoms with Crippen LogP contribution >= 0.6 is 11.3 Å². The molecule has 1 atom stereocenters. The summed E-state index contributed by atoms with van der Waals surface area (Å²) in [4.78, 5) is 3.92. The summed E-state index contributed by atoms with van der Waals surface area (Å²) < 4.78 is 25.4. The van der Waals surface area contributed by atoms with Crippen LogP contribution in [0.2, 0.25) is 0 Å². The third kappa shape index (κ3) is 3.24. The molecule has 0 saturated heterocycles. The predicted octanol–water partition coefficient (Wildman–Crippen LogP) is 0.843. The molecule has 0 saturated carbocycles. The molecule has 0 spiro atoms. The summed E-state index contributed by atoms with van der Waals surface area (Å²) in [5, 5.41) is 9.83. The molecule has 0 radical (unpaired) electrons. The molecule has 0 aliphatic rings. The van der Waals surface area contributed by atoms with E-state index in [4.69, 9.17) is 5.11 Å². The summed E-state index contributed by atoms with van der Waals surface area (Å²) in [6.45, 7) is 3.70. The molecule has 1 rings (SSSR count). The van der Waals surface area contributed by atoms with E-state index in [1.807, 2.05) is 0 Å². The fourth-order valence-electron chi connectivity index (χ4n) is 1.10. The quantitative estimate of drug-likeness (QED) is 0.855. The molecule has 5 nitrogen and oxygen atoms in total. The number of thiazole rings is 1. The van der Waals surface area contributed by atoms with Crippen LogP contribution in [0.5, 0.6) is 0 Å². The van der Waals surface area contributed by atoms with Gasteiger partial charge in [0.25, 0.3) is 10.0 Å². The second-order valence-corrected chi connectivity index (χ2v) is 7.17. The third-order valence-corrected chi connectivity index (χ3v) is 5.33. The van der Waals surface area contributed by atoms with Crippen LogP contribution in [0, 0.1) is 6.92 Å². The summed E-state index contributed by atoms with van der Waals surface area (Å²) in [7, 11) is -1.93. The molecule has 0 aliphatic heterocycles. The Kier molecular flexibility index (Phi) is 4.43. The van der Waals surface area contributed by atoms with E-state index < -0.39 is 16.1 Å². The molecule has 1 unspecified atom stereocenters. The molecule has 1 N–H and O–H groups in total. The van der Waals surface area contributed by atoms with Crippen molar-refractivity contribution in [2.24, 2.45) is 0 Å². The van der Waals surface area contributed by atoms with Gasteiger partial charge in [0.15, 0.2) is 4.21 Å². The summed E-state index contributed by atoms with van der Waals surface area (Å²) in [6.07, 6.45) is 1.29. The lowest BCUT2D eigenvalue weighted by atomic mass is 10.3. The van der Waals surface area contributed by atoms with Gasteiger partial charge in [-0.1, -0.05) is 0 Å². The predicted molar refractivity (Wildman–Crippen MR) is 63.0 cm³/mol. The van der Waals surface area contributed by atoms with E-state index in [9.17, 15) is 8.42 Å². The van der Waals surface area contributed by atoms with Crippen molar-refractivity contribution in [2.75, 3.05) is 13.6 Å². The molecule has 7 heteroatoms. The molecule has 0 aliphatic carbocycles. The molecule has 16 heavy (non-hydrogen) atoms. The van der Waals surface area contributed by atoms with Crippen molar-refractivity contribution in [1.29, 1.82) is 0 Å². The van der Waals surface area contributed by atoms with Crippen LogP contribution in [0.4, 0.5) is 0 Å². The van der Waals surface area contributed by atoms with Crippen LogP contribution in [-0.4, -0.2) is 42.5 Å². The topological polar surface area (TPSA) is 70.5 Å². The molecular formula is C9H16N2O3S2. The van der Waals surface area contributed by atoms with Crippen LogP contribution in [0.1, 0.15) is 18.4 Å². The average Bonchev–Trinajstić information content (AvgIpc) is 2.61. The maximum absolute atomic E-state index is 12.0. The van der Waals surface area contributed by atoms with E-state index >= 15 is 0 Å². The van der Waals surface area contributed by atoms with Crippen LogP contribution in [-0.2, 0) is 10.0 Å². The molecule has 0 amide bonds. The van der Waals surface area contributed by atoms with Gasteiger partial charge in [-0.2, -0.15) is 0 Å². The number of sulfonamides is 1. The van der Waals surface area contributed by atoms with Crippen molar-refractivity contribution in [3.8, 4) is 0 Å². The molecule has 0 aromatic carbocycles. The first-order valence-corrected chi connectivity index (χ1v) is 7.16. The van der Waals surface area contributed by atoms with Gasteiger partial charge in [-0.15, -0.1) is 11.3 Å². The monoisotopic (exact) mass is 264 g/mol. The molecule has 92 valence electrons. The lowest BCUT2D eigenvalue weighted by Gasteiger charge is -2.16. The highest BCUT2D eigenvalue weighted by Crippen LogP contribution is 2.21. The Morgan fingerprint density at radius 2 is 2.25 bits per heavy atom. The van der Waals surface area contributed by atoms with Gasteiger partial charge in [-0.05, 0) is 20.3 Å². The Balaban J connectivity index is 2.78. The molecule has 0 bridgehead atoms. The number of aryl methyl sites for hydroxylation is 1.